The first-order valence-electron chi connectivity index (χ1n) is 6.07. The molecular weight excluding hydrogens is 319 g/mol. The van der Waals surface area contributed by atoms with Gasteiger partial charge < -0.3 is 4.57 Å². The van der Waals surface area contributed by atoms with Gasteiger partial charge in [0.25, 0.3) is 0 Å². The molecule has 0 saturated heterocycles. The molecule has 2 aromatic rings. The molecule has 0 amide bonds. The number of aromatic nitrogens is 3. The average Bonchev–Trinajstić information content (AvgIpc) is 2.81. The van der Waals surface area contributed by atoms with E-state index in [1.54, 1.807) is 11.6 Å². The van der Waals surface area contributed by atoms with E-state index in [9.17, 15) is 14.5 Å². The Hall–Kier alpha value is -1.67. The minimum absolute atomic E-state index is 0.447. The van der Waals surface area contributed by atoms with Crippen molar-refractivity contribution >= 4 is 29.1 Å². The van der Waals surface area contributed by atoms with Crippen molar-refractivity contribution in [2.45, 2.75) is 11.6 Å². The fourth-order valence-corrected chi connectivity index (χ4v) is 2.84. The van der Waals surface area contributed by atoms with Crippen molar-refractivity contribution in [2.24, 2.45) is 7.05 Å². The van der Waals surface area contributed by atoms with E-state index in [0.717, 1.165) is 24.3 Å². The lowest BCUT2D eigenvalue weighted by Gasteiger charge is -2.04. The Morgan fingerprint density at radius 2 is 2.24 bits per heavy atom. The van der Waals surface area contributed by atoms with Crippen LogP contribution in [0.3, 0.4) is 0 Å². The number of rotatable bonds is 6. The number of benzene rings is 1. The quantitative estimate of drug-likeness (QED) is 0.267. The minimum atomic E-state index is -0.873. The smallest absolute Gasteiger partial charge is 0.305 e. The molecule has 112 valence electrons. The van der Waals surface area contributed by atoms with Crippen molar-refractivity contribution in [3.8, 4) is 11.4 Å². The van der Waals surface area contributed by atoms with Crippen LogP contribution in [0.4, 0.5) is 10.1 Å². The van der Waals surface area contributed by atoms with E-state index in [1.165, 1.54) is 17.8 Å². The first-order chi connectivity index (χ1) is 10.0. The largest absolute Gasteiger partial charge is 0.305 e. The molecule has 0 atom stereocenters. The number of alkyl halides is 1. The van der Waals surface area contributed by atoms with Crippen LogP contribution in [0.1, 0.15) is 6.42 Å². The van der Waals surface area contributed by atoms with E-state index in [0.29, 0.717) is 22.4 Å². The molecule has 0 fully saturated rings. The van der Waals surface area contributed by atoms with E-state index < -0.39 is 16.4 Å². The number of hydrogen-bond acceptors (Lipinski definition) is 5. The van der Waals surface area contributed by atoms with Crippen LogP contribution in [0.15, 0.2) is 23.4 Å². The summed E-state index contributed by atoms with van der Waals surface area (Å²) in [7, 11) is 1.76. The van der Waals surface area contributed by atoms with Crippen LogP contribution in [0.5, 0.6) is 0 Å². The fourth-order valence-electron chi connectivity index (χ4n) is 1.70. The second-order valence-electron chi connectivity index (χ2n) is 4.18. The highest BCUT2D eigenvalue weighted by atomic mass is 35.5. The molecule has 0 unspecified atom stereocenters. The summed E-state index contributed by atoms with van der Waals surface area (Å²) in [4.78, 5) is 10.0. The summed E-state index contributed by atoms with van der Waals surface area (Å²) >= 11 is 7.11. The Morgan fingerprint density at radius 3 is 2.90 bits per heavy atom. The summed E-state index contributed by atoms with van der Waals surface area (Å²) < 4.78 is 15.1. The van der Waals surface area contributed by atoms with Gasteiger partial charge in [-0.05, 0) is 18.6 Å². The van der Waals surface area contributed by atoms with Gasteiger partial charge in [-0.3, -0.25) is 10.1 Å². The van der Waals surface area contributed by atoms with Crippen LogP contribution in [-0.2, 0) is 7.05 Å². The van der Waals surface area contributed by atoms with E-state index in [2.05, 4.69) is 10.2 Å². The number of nitro groups is 1. The topological polar surface area (TPSA) is 73.8 Å². The highest BCUT2D eigenvalue weighted by molar-refractivity contribution is 7.99. The van der Waals surface area contributed by atoms with E-state index in [-0.39, 0.29) is 0 Å². The molecule has 21 heavy (non-hydrogen) atoms. The number of hydrogen-bond donors (Lipinski definition) is 0. The second kappa shape index (κ2) is 6.86. The van der Waals surface area contributed by atoms with Crippen LogP contribution >= 0.6 is 23.4 Å². The van der Waals surface area contributed by atoms with Gasteiger partial charge in [0.1, 0.15) is 0 Å². The minimum Gasteiger partial charge on any atom is -0.305 e. The summed E-state index contributed by atoms with van der Waals surface area (Å²) in [6, 6.07) is 3.66. The monoisotopic (exact) mass is 330 g/mol. The maximum atomic E-state index is 13.3. The standard InChI is InChI=1S/C12H12ClFN4O2S/c1-17-11(15-16-12(17)21-6-2-5-13)8-3-4-9(14)10(7-8)18(19)20/h3-4,7H,2,5-6H2,1H3. The van der Waals surface area contributed by atoms with Crippen LogP contribution in [0, 0.1) is 15.9 Å². The average molecular weight is 331 g/mol. The normalized spacial score (nSPS) is 10.8. The van der Waals surface area contributed by atoms with Gasteiger partial charge in [0.15, 0.2) is 11.0 Å². The third-order valence-electron chi connectivity index (χ3n) is 2.75. The zero-order valence-electron chi connectivity index (χ0n) is 11.1. The van der Waals surface area contributed by atoms with Crippen molar-refractivity contribution in [2.75, 3.05) is 11.6 Å². The molecule has 0 spiro atoms. The number of thioether (sulfide) groups is 1. The van der Waals surface area contributed by atoms with Crippen molar-refractivity contribution in [1.29, 1.82) is 0 Å². The molecule has 0 N–H and O–H groups in total. The van der Waals surface area contributed by atoms with Crippen LogP contribution < -0.4 is 0 Å². The molecule has 1 heterocycles. The van der Waals surface area contributed by atoms with Gasteiger partial charge in [0.2, 0.25) is 5.82 Å². The van der Waals surface area contributed by atoms with Crippen LogP contribution in [-0.4, -0.2) is 31.3 Å². The summed E-state index contributed by atoms with van der Waals surface area (Å²) in [5.41, 5.74) is -0.130. The lowest BCUT2D eigenvalue weighted by molar-refractivity contribution is -0.387. The number of nitro benzene ring substituents is 1. The van der Waals surface area contributed by atoms with Crippen molar-refractivity contribution in [1.82, 2.24) is 14.8 Å². The van der Waals surface area contributed by atoms with Gasteiger partial charge in [0.05, 0.1) is 4.92 Å². The molecule has 0 saturated carbocycles. The first kappa shape index (κ1) is 15.7. The van der Waals surface area contributed by atoms with Gasteiger partial charge in [-0.1, -0.05) is 11.8 Å². The molecular formula is C12H12ClFN4O2S. The third-order valence-corrected chi connectivity index (χ3v) is 4.12. The van der Waals surface area contributed by atoms with Crippen LogP contribution in [0.2, 0.25) is 0 Å². The summed E-state index contributed by atoms with van der Waals surface area (Å²) in [6.45, 7) is 0. The Labute approximate surface area is 129 Å². The van der Waals surface area contributed by atoms with Gasteiger partial charge >= 0.3 is 5.69 Å². The zero-order chi connectivity index (χ0) is 15.4. The molecule has 9 heteroatoms. The summed E-state index contributed by atoms with van der Waals surface area (Å²) in [5, 5.41) is 19.5. The van der Waals surface area contributed by atoms with Crippen LogP contribution in [0.25, 0.3) is 11.4 Å². The highest BCUT2D eigenvalue weighted by Crippen LogP contribution is 2.27. The predicted molar refractivity (Wildman–Crippen MR) is 79.1 cm³/mol. The maximum Gasteiger partial charge on any atom is 0.305 e. The summed E-state index contributed by atoms with van der Waals surface area (Å²) in [6.07, 6.45) is 0.844. The van der Waals surface area contributed by atoms with E-state index >= 15 is 0 Å². The molecule has 0 aliphatic rings. The Bertz CT molecular complexity index is 665. The Kier molecular flexibility index (Phi) is 5.13. The van der Waals surface area contributed by atoms with Gasteiger partial charge in [0, 0.05) is 30.3 Å². The first-order valence-corrected chi connectivity index (χ1v) is 7.59. The van der Waals surface area contributed by atoms with Crippen molar-refractivity contribution < 1.29 is 9.31 Å². The highest BCUT2D eigenvalue weighted by Gasteiger charge is 2.18. The van der Waals surface area contributed by atoms with Crippen molar-refractivity contribution in [3.63, 3.8) is 0 Å². The van der Waals surface area contributed by atoms with E-state index in [4.69, 9.17) is 11.6 Å². The molecule has 0 aliphatic heterocycles. The lowest BCUT2D eigenvalue weighted by atomic mass is 10.2. The third kappa shape index (κ3) is 3.51. The van der Waals surface area contributed by atoms with Gasteiger partial charge in [-0.15, -0.1) is 21.8 Å². The molecule has 1 aromatic carbocycles. The molecule has 0 bridgehead atoms. The number of halogens is 2. The Morgan fingerprint density at radius 1 is 1.48 bits per heavy atom. The molecule has 6 nitrogen and oxygen atoms in total. The second-order valence-corrected chi connectivity index (χ2v) is 5.62. The summed E-state index contributed by atoms with van der Waals surface area (Å²) in [5.74, 6) is 0.954. The zero-order valence-corrected chi connectivity index (χ0v) is 12.7. The van der Waals surface area contributed by atoms with Gasteiger partial charge in [-0.25, -0.2) is 0 Å². The molecule has 1 aromatic heterocycles. The fraction of sp³-hybridized carbons (Fsp3) is 0.333. The molecule has 0 radical (unpaired) electrons. The van der Waals surface area contributed by atoms with Crippen molar-refractivity contribution in [3.05, 3.63) is 34.1 Å². The molecule has 2 rings (SSSR count). The van der Waals surface area contributed by atoms with Gasteiger partial charge in [-0.2, -0.15) is 4.39 Å². The molecule has 0 aliphatic carbocycles. The maximum absolute atomic E-state index is 13.3. The lowest BCUT2D eigenvalue weighted by Crippen LogP contribution is -1.98. The predicted octanol–water partition coefficient (Wildman–Crippen LogP) is 3.25. The van der Waals surface area contributed by atoms with E-state index in [1.807, 2.05) is 0 Å². The SMILES string of the molecule is Cn1c(SCCCCl)nnc1-c1ccc(F)c([N+](=O)[O-])c1. The Balaban J connectivity index is 2.30. The number of nitrogens with zero attached hydrogens (tertiary/aromatic N) is 4.